The van der Waals surface area contributed by atoms with Crippen LogP contribution in [0.15, 0.2) is 36.7 Å². The topological polar surface area (TPSA) is 80.0 Å². The van der Waals surface area contributed by atoms with Crippen molar-refractivity contribution in [2.75, 3.05) is 31.1 Å². The molecule has 4 rings (SSSR count). The van der Waals surface area contributed by atoms with E-state index in [9.17, 15) is 4.79 Å². The summed E-state index contributed by atoms with van der Waals surface area (Å²) in [7, 11) is 0. The van der Waals surface area contributed by atoms with E-state index in [2.05, 4.69) is 31.1 Å². The van der Waals surface area contributed by atoms with Crippen molar-refractivity contribution in [3.63, 3.8) is 0 Å². The molecule has 0 atom stereocenters. The Morgan fingerprint density at radius 2 is 1.68 bits per heavy atom. The molecule has 1 fully saturated rings. The Labute approximate surface area is 163 Å². The smallest absolute Gasteiger partial charge is 0.276 e. The van der Waals surface area contributed by atoms with Crippen LogP contribution in [0.1, 0.15) is 27.3 Å². The minimum absolute atomic E-state index is 0.0813. The van der Waals surface area contributed by atoms with Crippen molar-refractivity contribution in [2.24, 2.45) is 0 Å². The van der Waals surface area contributed by atoms with Gasteiger partial charge in [0, 0.05) is 38.6 Å². The number of hydrogen-bond acceptors (Lipinski definition) is 6. The Morgan fingerprint density at radius 3 is 2.36 bits per heavy atom. The molecule has 3 aromatic rings. The van der Waals surface area contributed by atoms with Crippen LogP contribution in [0.4, 0.5) is 5.95 Å². The van der Waals surface area contributed by atoms with Gasteiger partial charge in [0.1, 0.15) is 0 Å². The summed E-state index contributed by atoms with van der Waals surface area (Å²) in [6, 6.07) is 7.88. The van der Waals surface area contributed by atoms with E-state index >= 15 is 0 Å². The third-order valence-corrected chi connectivity index (χ3v) is 4.95. The average Bonchev–Trinajstić information content (AvgIpc) is 3.09. The predicted molar refractivity (Wildman–Crippen MR) is 106 cm³/mol. The highest BCUT2D eigenvalue weighted by Crippen LogP contribution is 2.17. The summed E-state index contributed by atoms with van der Waals surface area (Å²) in [4.78, 5) is 27.0. The zero-order valence-corrected chi connectivity index (χ0v) is 16.3. The van der Waals surface area contributed by atoms with E-state index < -0.39 is 0 Å². The van der Waals surface area contributed by atoms with Crippen LogP contribution in [0.3, 0.4) is 0 Å². The van der Waals surface area contributed by atoms with Crippen molar-refractivity contribution in [3.05, 3.63) is 59.2 Å². The highest BCUT2D eigenvalue weighted by atomic mass is 16.2. The zero-order valence-electron chi connectivity index (χ0n) is 16.3. The summed E-state index contributed by atoms with van der Waals surface area (Å²) < 4.78 is 0. The maximum absolute atomic E-state index is 13.0. The Bertz CT molecular complexity index is 991. The second-order valence-electron chi connectivity index (χ2n) is 7.04. The normalized spacial score (nSPS) is 14.4. The lowest BCUT2D eigenvalue weighted by atomic mass is 10.1. The number of benzene rings is 1. The van der Waals surface area contributed by atoms with E-state index in [1.807, 2.05) is 37.8 Å². The number of hydrogen-bond donors (Lipinski definition) is 0. The fourth-order valence-corrected chi connectivity index (χ4v) is 3.43. The molecule has 28 heavy (non-hydrogen) atoms. The van der Waals surface area contributed by atoms with E-state index in [1.54, 1.807) is 23.3 Å². The Hall–Kier alpha value is -3.29. The number of rotatable bonds is 3. The van der Waals surface area contributed by atoms with Crippen LogP contribution in [0, 0.1) is 20.8 Å². The highest BCUT2D eigenvalue weighted by molar-refractivity contribution is 5.93. The molecule has 0 unspecified atom stereocenters. The Kier molecular flexibility index (Phi) is 4.77. The molecule has 1 aromatic carbocycles. The second kappa shape index (κ2) is 7.38. The summed E-state index contributed by atoms with van der Waals surface area (Å²) >= 11 is 0. The first-order chi connectivity index (χ1) is 13.5. The molecule has 0 radical (unpaired) electrons. The van der Waals surface area contributed by atoms with Crippen LogP contribution < -0.4 is 4.90 Å². The van der Waals surface area contributed by atoms with Gasteiger partial charge in [0.2, 0.25) is 5.95 Å². The first kappa shape index (κ1) is 18.1. The molecule has 0 saturated carbocycles. The van der Waals surface area contributed by atoms with Gasteiger partial charge in [0.05, 0.1) is 11.4 Å². The van der Waals surface area contributed by atoms with Gasteiger partial charge in [-0.15, -0.1) is 5.10 Å². The van der Waals surface area contributed by atoms with E-state index in [0.717, 1.165) is 11.3 Å². The van der Waals surface area contributed by atoms with Crippen LogP contribution in [-0.2, 0) is 0 Å². The monoisotopic (exact) mass is 377 g/mol. The van der Waals surface area contributed by atoms with Crippen molar-refractivity contribution in [2.45, 2.75) is 20.8 Å². The molecule has 1 amide bonds. The van der Waals surface area contributed by atoms with E-state index in [4.69, 9.17) is 0 Å². The van der Waals surface area contributed by atoms with Gasteiger partial charge in [0.25, 0.3) is 5.91 Å². The lowest BCUT2D eigenvalue weighted by molar-refractivity contribution is 0.0739. The summed E-state index contributed by atoms with van der Waals surface area (Å²) in [6.07, 6.45) is 3.46. The molecule has 144 valence electrons. The summed E-state index contributed by atoms with van der Waals surface area (Å²) in [5.41, 5.74) is 4.19. The fraction of sp³-hybridized carbons (Fsp3) is 0.350. The van der Waals surface area contributed by atoms with Crippen LogP contribution >= 0.6 is 0 Å². The highest BCUT2D eigenvalue weighted by Gasteiger charge is 2.27. The molecule has 0 aliphatic carbocycles. The first-order valence-electron chi connectivity index (χ1n) is 9.36. The molecular weight excluding hydrogens is 354 g/mol. The molecule has 1 aliphatic rings. The number of nitrogens with zero attached hydrogens (tertiary/aromatic N) is 7. The van der Waals surface area contributed by atoms with Crippen LogP contribution in [0.2, 0.25) is 0 Å². The van der Waals surface area contributed by atoms with Crippen molar-refractivity contribution < 1.29 is 4.79 Å². The lowest BCUT2D eigenvalue weighted by Crippen LogP contribution is -2.49. The number of amides is 1. The van der Waals surface area contributed by atoms with Gasteiger partial charge in [-0.3, -0.25) is 4.79 Å². The number of carbonyl (C=O) groups excluding carboxylic acids is 1. The van der Waals surface area contributed by atoms with Crippen LogP contribution in [0.25, 0.3) is 5.69 Å². The second-order valence-corrected chi connectivity index (χ2v) is 7.04. The number of carbonyl (C=O) groups is 1. The summed E-state index contributed by atoms with van der Waals surface area (Å²) in [5.74, 6) is 0.619. The first-order valence-corrected chi connectivity index (χ1v) is 9.36. The van der Waals surface area contributed by atoms with Crippen molar-refractivity contribution in [1.82, 2.24) is 29.9 Å². The van der Waals surface area contributed by atoms with Crippen LogP contribution in [0.5, 0.6) is 0 Å². The molecule has 2 aromatic heterocycles. The van der Waals surface area contributed by atoms with Gasteiger partial charge in [-0.1, -0.05) is 17.7 Å². The van der Waals surface area contributed by atoms with Crippen LogP contribution in [-0.4, -0.2) is 61.9 Å². The zero-order chi connectivity index (χ0) is 19.7. The Balaban J connectivity index is 1.49. The van der Waals surface area contributed by atoms with Gasteiger partial charge in [-0.05, 0) is 38.5 Å². The maximum atomic E-state index is 13.0. The van der Waals surface area contributed by atoms with Crippen molar-refractivity contribution in [3.8, 4) is 5.69 Å². The molecule has 8 nitrogen and oxygen atoms in total. The number of aryl methyl sites for hydroxylation is 3. The van der Waals surface area contributed by atoms with E-state index in [-0.39, 0.29) is 5.91 Å². The fourth-order valence-electron chi connectivity index (χ4n) is 3.43. The third-order valence-electron chi connectivity index (χ3n) is 4.95. The molecular formula is C20H23N7O. The molecule has 8 heteroatoms. The quantitative estimate of drug-likeness (QED) is 0.694. The number of piperazine rings is 1. The van der Waals surface area contributed by atoms with Gasteiger partial charge in [-0.2, -0.15) is 9.90 Å². The average molecular weight is 377 g/mol. The van der Waals surface area contributed by atoms with Crippen molar-refractivity contribution >= 4 is 11.9 Å². The molecule has 0 N–H and O–H groups in total. The van der Waals surface area contributed by atoms with Gasteiger partial charge >= 0.3 is 0 Å². The molecule has 0 bridgehead atoms. The largest absolute Gasteiger partial charge is 0.337 e. The third kappa shape index (κ3) is 3.45. The number of aromatic nitrogens is 5. The minimum atomic E-state index is -0.0813. The minimum Gasteiger partial charge on any atom is -0.337 e. The molecule has 1 aliphatic heterocycles. The SMILES string of the molecule is Cc1ccc(-n2nc(C)c(C(=O)N3CCN(c4ncccn4)CC3)n2)c(C)c1. The standard InChI is InChI=1S/C20H23N7O/c1-14-5-6-17(15(2)13-14)27-23-16(3)18(24-27)19(28)25-9-11-26(12-10-25)20-21-7-4-8-22-20/h4-8,13H,9-12H2,1-3H3. The van der Waals surface area contributed by atoms with Crippen molar-refractivity contribution in [1.29, 1.82) is 0 Å². The van der Waals surface area contributed by atoms with Gasteiger partial charge in [-0.25, -0.2) is 9.97 Å². The Morgan fingerprint density at radius 1 is 0.964 bits per heavy atom. The maximum Gasteiger partial charge on any atom is 0.276 e. The predicted octanol–water partition coefficient (Wildman–Crippen LogP) is 1.94. The van der Waals surface area contributed by atoms with E-state index in [0.29, 0.717) is 43.5 Å². The molecule has 0 spiro atoms. The van der Waals surface area contributed by atoms with E-state index in [1.165, 1.54) is 5.56 Å². The molecule has 3 heterocycles. The number of anilines is 1. The molecule has 1 saturated heterocycles. The summed E-state index contributed by atoms with van der Waals surface area (Å²) in [6.45, 7) is 8.50. The van der Waals surface area contributed by atoms with Gasteiger partial charge < -0.3 is 9.80 Å². The summed E-state index contributed by atoms with van der Waals surface area (Å²) in [5, 5.41) is 8.98. The van der Waals surface area contributed by atoms with Gasteiger partial charge in [0.15, 0.2) is 5.69 Å². The lowest BCUT2D eigenvalue weighted by Gasteiger charge is -2.34.